The summed E-state index contributed by atoms with van der Waals surface area (Å²) in [5.74, 6) is 0.748. The molecule has 0 atom stereocenters. The molecule has 3 nitrogen and oxygen atoms in total. The van der Waals surface area contributed by atoms with Gasteiger partial charge in [0, 0.05) is 22.9 Å². The van der Waals surface area contributed by atoms with Crippen molar-refractivity contribution in [3.63, 3.8) is 0 Å². The topological polar surface area (TPSA) is 39.9 Å². The molecule has 1 aromatic carbocycles. The van der Waals surface area contributed by atoms with E-state index in [1.807, 2.05) is 12.1 Å². The van der Waals surface area contributed by atoms with E-state index in [9.17, 15) is 5.26 Å². The number of fused-ring (bicyclic) bond motifs is 1. The second-order valence-electron chi connectivity index (χ2n) is 4.52. The van der Waals surface area contributed by atoms with Gasteiger partial charge in [0.1, 0.15) is 6.07 Å². The van der Waals surface area contributed by atoms with Gasteiger partial charge in [-0.1, -0.05) is 18.2 Å². The van der Waals surface area contributed by atoms with Gasteiger partial charge in [0.15, 0.2) is 5.82 Å². The average molecular weight is 314 g/mol. The number of aromatic nitrogens is 1. The van der Waals surface area contributed by atoms with E-state index >= 15 is 0 Å². The van der Waals surface area contributed by atoms with E-state index in [0.717, 1.165) is 29.7 Å². The second-order valence-corrected chi connectivity index (χ2v) is 5.44. The molecule has 1 aliphatic heterocycles. The minimum absolute atomic E-state index is 0.603. The van der Waals surface area contributed by atoms with Crippen molar-refractivity contribution in [2.45, 2.75) is 12.8 Å². The number of benzene rings is 1. The lowest BCUT2D eigenvalue weighted by Crippen LogP contribution is -2.26. The molecule has 0 N–H and O–H groups in total. The summed E-state index contributed by atoms with van der Waals surface area (Å²) in [5.41, 5.74) is 3.09. The first-order chi connectivity index (χ1) is 9.29. The van der Waals surface area contributed by atoms with E-state index in [1.54, 1.807) is 6.20 Å². The quantitative estimate of drug-likeness (QED) is 0.804. The summed E-state index contributed by atoms with van der Waals surface area (Å²) in [4.78, 5) is 6.57. The van der Waals surface area contributed by atoms with Crippen molar-refractivity contribution in [2.24, 2.45) is 0 Å². The Morgan fingerprint density at radius 1 is 1.32 bits per heavy atom. The zero-order chi connectivity index (χ0) is 13.2. The molecule has 2 aromatic rings. The maximum Gasteiger partial charge on any atom is 0.151 e. The smallest absolute Gasteiger partial charge is 0.151 e. The molecule has 0 fully saturated rings. The molecule has 0 unspecified atom stereocenters. The van der Waals surface area contributed by atoms with Crippen molar-refractivity contribution in [2.75, 3.05) is 11.4 Å². The Bertz CT molecular complexity index is 661. The molecular weight excluding hydrogens is 302 g/mol. The molecule has 0 radical (unpaired) electrons. The van der Waals surface area contributed by atoms with Crippen LogP contribution < -0.4 is 4.90 Å². The van der Waals surface area contributed by atoms with E-state index < -0.39 is 0 Å². The fraction of sp³-hybridized carbons (Fsp3) is 0.200. The number of hydrogen-bond donors (Lipinski definition) is 0. The third-order valence-electron chi connectivity index (χ3n) is 3.32. The molecule has 3 rings (SSSR count). The molecule has 0 spiro atoms. The van der Waals surface area contributed by atoms with Crippen LogP contribution in [-0.2, 0) is 6.42 Å². The van der Waals surface area contributed by atoms with Crippen LogP contribution in [0.5, 0.6) is 0 Å². The predicted octanol–water partition coefficient (Wildman–Crippen LogP) is 3.80. The van der Waals surface area contributed by atoms with Gasteiger partial charge in [-0.2, -0.15) is 5.26 Å². The van der Waals surface area contributed by atoms with Gasteiger partial charge in [-0.15, -0.1) is 0 Å². The van der Waals surface area contributed by atoms with E-state index in [0.29, 0.717) is 5.56 Å². The lowest BCUT2D eigenvalue weighted by molar-refractivity contribution is 0.759. The van der Waals surface area contributed by atoms with Crippen molar-refractivity contribution < 1.29 is 0 Å². The van der Waals surface area contributed by atoms with Crippen LogP contribution in [0.15, 0.2) is 41.0 Å². The monoisotopic (exact) mass is 313 g/mol. The Labute approximate surface area is 120 Å². The zero-order valence-corrected chi connectivity index (χ0v) is 11.9. The largest absolute Gasteiger partial charge is 0.325 e. The number of anilines is 2. The Balaban J connectivity index is 2.12. The van der Waals surface area contributed by atoms with E-state index in [4.69, 9.17) is 0 Å². The number of nitrogens with zero attached hydrogens (tertiary/aromatic N) is 3. The zero-order valence-electron chi connectivity index (χ0n) is 10.3. The van der Waals surface area contributed by atoms with Gasteiger partial charge >= 0.3 is 0 Å². The van der Waals surface area contributed by atoms with Crippen LogP contribution in [-0.4, -0.2) is 11.5 Å². The average Bonchev–Trinajstić information content (AvgIpc) is 2.46. The predicted molar refractivity (Wildman–Crippen MR) is 78.4 cm³/mol. The van der Waals surface area contributed by atoms with Crippen LogP contribution >= 0.6 is 15.9 Å². The molecule has 19 heavy (non-hydrogen) atoms. The van der Waals surface area contributed by atoms with Crippen molar-refractivity contribution in [1.82, 2.24) is 4.98 Å². The second kappa shape index (κ2) is 5.02. The fourth-order valence-electron chi connectivity index (χ4n) is 2.48. The molecule has 94 valence electrons. The third kappa shape index (κ3) is 2.22. The lowest BCUT2D eigenvalue weighted by Gasteiger charge is -2.30. The fourth-order valence-corrected chi connectivity index (χ4v) is 2.81. The van der Waals surface area contributed by atoms with Crippen molar-refractivity contribution in [3.8, 4) is 6.07 Å². The van der Waals surface area contributed by atoms with E-state index in [2.05, 4.69) is 50.1 Å². The number of rotatable bonds is 1. The number of para-hydroxylation sites is 1. The number of aryl methyl sites for hydroxylation is 1. The Kier molecular flexibility index (Phi) is 3.22. The summed E-state index contributed by atoms with van der Waals surface area (Å²) in [5, 5.41) is 9.28. The van der Waals surface area contributed by atoms with Crippen LogP contribution in [0.3, 0.4) is 0 Å². The van der Waals surface area contributed by atoms with E-state index in [1.165, 1.54) is 11.3 Å². The minimum Gasteiger partial charge on any atom is -0.325 e. The van der Waals surface area contributed by atoms with Crippen molar-refractivity contribution in [3.05, 3.63) is 52.1 Å². The maximum absolute atomic E-state index is 9.28. The first-order valence-corrected chi connectivity index (χ1v) is 7.00. The van der Waals surface area contributed by atoms with Gasteiger partial charge in [0.25, 0.3) is 0 Å². The Morgan fingerprint density at radius 3 is 3.00 bits per heavy atom. The summed E-state index contributed by atoms with van der Waals surface area (Å²) in [7, 11) is 0. The molecule has 0 saturated heterocycles. The first kappa shape index (κ1) is 12.2. The molecule has 1 aliphatic rings. The van der Waals surface area contributed by atoms with Crippen molar-refractivity contribution >= 4 is 27.4 Å². The molecule has 0 saturated carbocycles. The minimum atomic E-state index is 0.603. The van der Waals surface area contributed by atoms with Gasteiger partial charge in [-0.3, -0.25) is 0 Å². The summed E-state index contributed by atoms with van der Waals surface area (Å²) in [6.07, 6.45) is 3.91. The molecule has 1 aromatic heterocycles. The highest BCUT2D eigenvalue weighted by atomic mass is 79.9. The summed E-state index contributed by atoms with van der Waals surface area (Å²) in [6.45, 7) is 0.903. The Morgan fingerprint density at radius 2 is 2.16 bits per heavy atom. The van der Waals surface area contributed by atoms with Crippen LogP contribution in [0.2, 0.25) is 0 Å². The summed E-state index contributed by atoms with van der Waals surface area (Å²) >= 11 is 3.36. The van der Waals surface area contributed by atoms with Gasteiger partial charge in [0.05, 0.1) is 5.56 Å². The number of halogens is 1. The van der Waals surface area contributed by atoms with Gasteiger partial charge in [-0.25, -0.2) is 4.98 Å². The normalized spacial score (nSPS) is 13.8. The molecule has 0 amide bonds. The highest BCUT2D eigenvalue weighted by Gasteiger charge is 2.21. The highest BCUT2D eigenvalue weighted by molar-refractivity contribution is 9.10. The van der Waals surface area contributed by atoms with Gasteiger partial charge < -0.3 is 4.90 Å². The number of pyridine rings is 1. The van der Waals surface area contributed by atoms with Crippen LogP contribution in [0, 0.1) is 11.3 Å². The van der Waals surface area contributed by atoms with Gasteiger partial charge in [0.2, 0.25) is 0 Å². The van der Waals surface area contributed by atoms with Crippen LogP contribution in [0.4, 0.5) is 11.5 Å². The van der Waals surface area contributed by atoms with Crippen LogP contribution in [0.25, 0.3) is 0 Å². The SMILES string of the molecule is N#Cc1cc(Br)cnc1N1CCCc2ccccc21. The molecule has 0 aliphatic carbocycles. The molecule has 4 heteroatoms. The highest BCUT2D eigenvalue weighted by Crippen LogP contribution is 2.34. The Hall–Kier alpha value is -1.86. The standard InChI is InChI=1S/C15H12BrN3/c16-13-8-12(9-17)15(18-10-13)19-7-3-5-11-4-1-2-6-14(11)19/h1-2,4,6,8,10H,3,5,7H2. The van der Waals surface area contributed by atoms with E-state index in [-0.39, 0.29) is 0 Å². The maximum atomic E-state index is 9.28. The molecule has 0 bridgehead atoms. The molecular formula is C15H12BrN3. The molecule has 2 heterocycles. The number of hydrogen-bond acceptors (Lipinski definition) is 3. The van der Waals surface area contributed by atoms with Crippen molar-refractivity contribution in [1.29, 1.82) is 5.26 Å². The lowest BCUT2D eigenvalue weighted by atomic mass is 10.0. The van der Waals surface area contributed by atoms with Crippen LogP contribution in [0.1, 0.15) is 17.5 Å². The third-order valence-corrected chi connectivity index (χ3v) is 3.75. The number of nitriles is 1. The van der Waals surface area contributed by atoms with Gasteiger partial charge in [-0.05, 0) is 46.5 Å². The first-order valence-electron chi connectivity index (χ1n) is 6.20. The summed E-state index contributed by atoms with van der Waals surface area (Å²) in [6, 6.07) is 12.4. The summed E-state index contributed by atoms with van der Waals surface area (Å²) < 4.78 is 0.832.